The van der Waals surface area contributed by atoms with Gasteiger partial charge in [0.15, 0.2) is 5.60 Å². The van der Waals surface area contributed by atoms with Crippen LogP contribution in [0, 0.1) is 0 Å². The molecule has 0 saturated heterocycles. The highest BCUT2D eigenvalue weighted by Gasteiger charge is 2.40. The van der Waals surface area contributed by atoms with Crippen LogP contribution < -0.4 is 5.32 Å². The predicted octanol–water partition coefficient (Wildman–Crippen LogP) is 3.10. The largest absolute Gasteiger partial charge is 0.482 e. The van der Waals surface area contributed by atoms with Gasteiger partial charge in [0.1, 0.15) is 0 Å². The molecule has 0 bridgehead atoms. The molecule has 1 unspecified atom stereocenters. The van der Waals surface area contributed by atoms with Crippen LogP contribution in [0.4, 0.5) is 5.69 Å². The quantitative estimate of drug-likeness (QED) is 0.849. The smallest absolute Gasteiger partial charge is 0.268 e. The van der Waals surface area contributed by atoms with E-state index in [9.17, 15) is 4.79 Å². The number of benzene rings is 1. The van der Waals surface area contributed by atoms with Crippen molar-refractivity contribution in [1.29, 1.82) is 0 Å². The van der Waals surface area contributed by atoms with E-state index in [4.69, 9.17) is 4.74 Å². The van der Waals surface area contributed by atoms with E-state index in [-0.39, 0.29) is 5.91 Å². The van der Waals surface area contributed by atoms with Crippen molar-refractivity contribution in [2.45, 2.75) is 32.8 Å². The molecule has 17 heavy (non-hydrogen) atoms. The maximum absolute atomic E-state index is 12.2. The maximum Gasteiger partial charge on any atom is 0.268 e. The third-order valence-corrected chi connectivity index (χ3v) is 3.09. The number of carbonyl (C=O) groups is 1. The number of para-hydroxylation sites is 1. The third-order valence-electron chi connectivity index (χ3n) is 3.09. The summed E-state index contributed by atoms with van der Waals surface area (Å²) >= 11 is 0. The number of allylic oxidation sites excluding steroid dienone is 1. The summed E-state index contributed by atoms with van der Waals surface area (Å²) in [5, 5.41) is 2.87. The summed E-state index contributed by atoms with van der Waals surface area (Å²) in [4.78, 5) is 12.2. The number of amides is 1. The summed E-state index contributed by atoms with van der Waals surface area (Å²) in [6.07, 6.45) is 0.650. The Balaban J connectivity index is 2.08. The van der Waals surface area contributed by atoms with Crippen LogP contribution in [0.5, 0.6) is 0 Å². The van der Waals surface area contributed by atoms with Gasteiger partial charge in [-0.1, -0.05) is 18.2 Å². The van der Waals surface area contributed by atoms with Crippen molar-refractivity contribution >= 4 is 11.6 Å². The molecule has 1 heterocycles. The summed E-state index contributed by atoms with van der Waals surface area (Å²) in [5.74, 6) is 0.760. The van der Waals surface area contributed by atoms with Crippen LogP contribution in [-0.4, -0.2) is 11.5 Å². The van der Waals surface area contributed by atoms with E-state index in [1.54, 1.807) is 0 Å². The predicted molar refractivity (Wildman–Crippen MR) is 67.6 cm³/mol. The van der Waals surface area contributed by atoms with Crippen LogP contribution >= 0.6 is 0 Å². The molecule has 0 radical (unpaired) electrons. The molecule has 3 nitrogen and oxygen atoms in total. The van der Waals surface area contributed by atoms with E-state index in [0.29, 0.717) is 6.42 Å². The molecule has 90 valence electrons. The Morgan fingerprint density at radius 3 is 2.47 bits per heavy atom. The fraction of sp³-hybridized carbons (Fsp3) is 0.357. The van der Waals surface area contributed by atoms with Crippen LogP contribution in [-0.2, 0) is 9.53 Å². The van der Waals surface area contributed by atoms with Gasteiger partial charge in [-0.3, -0.25) is 4.79 Å². The van der Waals surface area contributed by atoms with Gasteiger partial charge in [-0.2, -0.15) is 0 Å². The highest BCUT2D eigenvalue weighted by Crippen LogP contribution is 2.34. The van der Waals surface area contributed by atoms with Crippen molar-refractivity contribution in [1.82, 2.24) is 0 Å². The van der Waals surface area contributed by atoms with Gasteiger partial charge in [-0.25, -0.2) is 0 Å². The Labute approximate surface area is 101 Å². The lowest BCUT2D eigenvalue weighted by atomic mass is 9.98. The maximum atomic E-state index is 12.2. The van der Waals surface area contributed by atoms with Crippen molar-refractivity contribution in [2.24, 2.45) is 0 Å². The van der Waals surface area contributed by atoms with E-state index in [1.165, 1.54) is 0 Å². The van der Waals surface area contributed by atoms with Gasteiger partial charge in [0.2, 0.25) is 0 Å². The van der Waals surface area contributed by atoms with Gasteiger partial charge in [-0.15, -0.1) is 0 Å². The Morgan fingerprint density at radius 2 is 1.94 bits per heavy atom. The van der Waals surface area contributed by atoms with Crippen molar-refractivity contribution in [3.05, 3.63) is 41.7 Å². The molecule has 1 aromatic carbocycles. The van der Waals surface area contributed by atoms with Crippen LogP contribution in [0.25, 0.3) is 0 Å². The minimum atomic E-state index is -0.774. The molecule has 0 aliphatic carbocycles. The first-order valence-electron chi connectivity index (χ1n) is 5.73. The van der Waals surface area contributed by atoms with Gasteiger partial charge in [-0.05, 0) is 38.5 Å². The number of ether oxygens (including phenoxy) is 1. The zero-order valence-corrected chi connectivity index (χ0v) is 10.4. The molecule has 1 atom stereocenters. The summed E-state index contributed by atoms with van der Waals surface area (Å²) in [6.45, 7) is 5.72. The Morgan fingerprint density at radius 1 is 1.29 bits per heavy atom. The highest BCUT2D eigenvalue weighted by atomic mass is 16.5. The monoisotopic (exact) mass is 231 g/mol. The molecule has 1 aliphatic rings. The average Bonchev–Trinajstić information content (AvgIpc) is 2.55. The van der Waals surface area contributed by atoms with Crippen LogP contribution in [0.2, 0.25) is 0 Å². The first-order chi connectivity index (χ1) is 8.01. The normalized spacial score (nSPS) is 23.5. The second kappa shape index (κ2) is 4.24. The molecule has 0 aromatic heterocycles. The molecular formula is C14H17NO2. The Kier molecular flexibility index (Phi) is 2.92. The second-order valence-electron chi connectivity index (χ2n) is 4.67. The lowest BCUT2D eigenvalue weighted by molar-refractivity contribution is -0.132. The molecular weight excluding hydrogens is 214 g/mol. The van der Waals surface area contributed by atoms with Crippen LogP contribution in [0.1, 0.15) is 27.2 Å². The van der Waals surface area contributed by atoms with Gasteiger partial charge in [0.05, 0.1) is 5.76 Å². The Hall–Kier alpha value is -1.77. The van der Waals surface area contributed by atoms with Gasteiger partial charge in [0, 0.05) is 12.1 Å². The molecule has 1 aliphatic heterocycles. The molecule has 0 spiro atoms. The van der Waals surface area contributed by atoms with Crippen LogP contribution in [0.3, 0.4) is 0 Å². The number of hydrogen-bond acceptors (Lipinski definition) is 2. The van der Waals surface area contributed by atoms with E-state index < -0.39 is 5.60 Å². The Bertz CT molecular complexity index is 448. The zero-order chi connectivity index (χ0) is 12.5. The number of hydrogen-bond donors (Lipinski definition) is 1. The van der Waals surface area contributed by atoms with E-state index in [2.05, 4.69) is 5.32 Å². The zero-order valence-electron chi connectivity index (χ0n) is 10.4. The van der Waals surface area contributed by atoms with E-state index >= 15 is 0 Å². The number of nitrogens with one attached hydrogen (secondary N) is 1. The van der Waals surface area contributed by atoms with Crippen molar-refractivity contribution < 1.29 is 9.53 Å². The molecule has 3 heteroatoms. The summed E-state index contributed by atoms with van der Waals surface area (Å²) < 4.78 is 5.66. The molecule has 1 N–H and O–H groups in total. The molecule has 0 fully saturated rings. The summed E-state index contributed by atoms with van der Waals surface area (Å²) in [6, 6.07) is 9.43. The SMILES string of the molecule is CC1=C(C)OC(C)(C(=O)Nc2ccccc2)C1. The first kappa shape index (κ1) is 11.7. The van der Waals surface area contributed by atoms with Crippen molar-refractivity contribution in [2.75, 3.05) is 5.32 Å². The minimum absolute atomic E-state index is 0.0973. The lowest BCUT2D eigenvalue weighted by Gasteiger charge is -2.23. The fourth-order valence-corrected chi connectivity index (χ4v) is 2.00. The highest BCUT2D eigenvalue weighted by molar-refractivity contribution is 5.97. The van der Waals surface area contributed by atoms with Gasteiger partial charge < -0.3 is 10.1 Å². The standard InChI is InChI=1S/C14H17NO2/c1-10-9-14(3,17-11(10)2)13(16)15-12-7-5-4-6-8-12/h4-8H,9H2,1-3H3,(H,15,16). The van der Waals surface area contributed by atoms with Crippen molar-refractivity contribution in [3.63, 3.8) is 0 Å². The fourth-order valence-electron chi connectivity index (χ4n) is 2.00. The number of rotatable bonds is 2. The van der Waals surface area contributed by atoms with E-state index in [0.717, 1.165) is 17.0 Å². The number of carbonyl (C=O) groups excluding carboxylic acids is 1. The number of anilines is 1. The molecule has 1 amide bonds. The average molecular weight is 231 g/mol. The molecule has 2 rings (SSSR count). The first-order valence-corrected chi connectivity index (χ1v) is 5.73. The molecule has 1 aromatic rings. The second-order valence-corrected chi connectivity index (χ2v) is 4.67. The van der Waals surface area contributed by atoms with Crippen LogP contribution in [0.15, 0.2) is 41.7 Å². The minimum Gasteiger partial charge on any atom is -0.482 e. The lowest BCUT2D eigenvalue weighted by Crippen LogP contribution is -2.39. The van der Waals surface area contributed by atoms with Gasteiger partial charge in [0.25, 0.3) is 5.91 Å². The van der Waals surface area contributed by atoms with E-state index in [1.807, 2.05) is 51.1 Å². The summed E-state index contributed by atoms with van der Waals surface area (Å²) in [5.41, 5.74) is 1.16. The van der Waals surface area contributed by atoms with Gasteiger partial charge >= 0.3 is 0 Å². The molecule has 0 saturated carbocycles. The summed E-state index contributed by atoms with van der Waals surface area (Å²) in [7, 11) is 0. The topological polar surface area (TPSA) is 38.3 Å². The van der Waals surface area contributed by atoms with Crippen molar-refractivity contribution in [3.8, 4) is 0 Å². The third kappa shape index (κ3) is 2.33.